The summed E-state index contributed by atoms with van der Waals surface area (Å²) in [6, 6.07) is 23.7. The number of rotatable bonds is 8. The second-order valence-electron chi connectivity index (χ2n) is 9.07. The van der Waals surface area contributed by atoms with Crippen molar-refractivity contribution in [2.75, 3.05) is 13.2 Å². The first kappa shape index (κ1) is 25.8. The van der Waals surface area contributed by atoms with Gasteiger partial charge in [-0.15, -0.1) is 4.99 Å². The number of carboxylic acid groups (broad SMARTS) is 1. The summed E-state index contributed by atoms with van der Waals surface area (Å²) in [6.45, 7) is 6.75. The van der Waals surface area contributed by atoms with Crippen molar-refractivity contribution < 1.29 is 19.4 Å². The highest BCUT2D eigenvalue weighted by Crippen LogP contribution is 2.22. The van der Waals surface area contributed by atoms with Crippen LogP contribution >= 0.6 is 0 Å². The third-order valence-corrected chi connectivity index (χ3v) is 6.26. The first-order chi connectivity index (χ1) is 17.9. The molecule has 8 heteroatoms. The lowest BCUT2D eigenvalue weighted by molar-refractivity contribution is 0.150. The number of para-hydroxylation sites is 2. The van der Waals surface area contributed by atoms with E-state index in [0.29, 0.717) is 18.6 Å². The number of nitrogens with one attached hydrogen (secondary N) is 1. The van der Waals surface area contributed by atoms with Crippen LogP contribution in [-0.4, -0.2) is 39.6 Å². The van der Waals surface area contributed by atoms with Crippen LogP contribution in [0.3, 0.4) is 0 Å². The van der Waals surface area contributed by atoms with Crippen molar-refractivity contribution in [2.24, 2.45) is 4.99 Å². The van der Waals surface area contributed by atoms with E-state index in [0.717, 1.165) is 33.3 Å². The molecule has 0 spiro atoms. The minimum atomic E-state index is -1.28. The van der Waals surface area contributed by atoms with Gasteiger partial charge in [-0.25, -0.2) is 9.59 Å². The van der Waals surface area contributed by atoms with E-state index in [1.165, 1.54) is 0 Å². The van der Waals surface area contributed by atoms with E-state index in [9.17, 15) is 14.7 Å². The fourth-order valence-corrected chi connectivity index (χ4v) is 4.47. The number of aromatic nitrogens is 2. The van der Waals surface area contributed by atoms with Gasteiger partial charge in [-0.1, -0.05) is 71.8 Å². The van der Waals surface area contributed by atoms with Crippen molar-refractivity contribution in [3.63, 3.8) is 0 Å². The second kappa shape index (κ2) is 11.6. The highest BCUT2D eigenvalue weighted by molar-refractivity contribution is 5.77. The molecular formula is C29H32N4O4. The Hall–Kier alpha value is -4.33. The monoisotopic (exact) mass is 500 g/mol. The van der Waals surface area contributed by atoms with E-state index >= 15 is 0 Å². The highest BCUT2D eigenvalue weighted by Gasteiger charge is 2.22. The Morgan fingerprint density at radius 3 is 2.11 bits per heavy atom. The molecule has 3 aromatic carbocycles. The average molecular weight is 501 g/mol. The number of imidazole rings is 1. The number of alkyl carbamates (subject to hydrolysis) is 1. The molecule has 8 nitrogen and oxygen atoms in total. The predicted octanol–water partition coefficient (Wildman–Crippen LogP) is 5.22. The van der Waals surface area contributed by atoms with E-state index in [4.69, 9.17) is 4.74 Å². The van der Waals surface area contributed by atoms with Gasteiger partial charge in [0.2, 0.25) is 5.62 Å². The number of ether oxygens (including phenoxy) is 1. The number of carbonyl (C=O) groups is 2. The zero-order chi connectivity index (χ0) is 26.4. The molecule has 2 amide bonds. The Labute approximate surface area is 215 Å². The maximum atomic E-state index is 12.2. The quantitative estimate of drug-likeness (QED) is 0.347. The molecule has 4 aromatic rings. The van der Waals surface area contributed by atoms with E-state index < -0.39 is 12.2 Å². The molecule has 0 aliphatic rings. The SMILES string of the molecule is CCOC(=O)NCC(Cc1ccc(C)cc1)n1/c(=N/C(=O)O)n(Cc2ccc(C)cc2)c2ccccc21. The van der Waals surface area contributed by atoms with Crippen molar-refractivity contribution in [1.29, 1.82) is 0 Å². The molecule has 1 atom stereocenters. The summed E-state index contributed by atoms with van der Waals surface area (Å²) in [7, 11) is 0. The fraction of sp³-hybridized carbons (Fsp3) is 0.276. The molecule has 0 saturated heterocycles. The van der Waals surface area contributed by atoms with Crippen LogP contribution in [0.25, 0.3) is 11.0 Å². The number of aryl methyl sites for hydroxylation is 2. The Morgan fingerprint density at radius 2 is 1.51 bits per heavy atom. The van der Waals surface area contributed by atoms with Gasteiger partial charge in [-0.3, -0.25) is 0 Å². The van der Waals surface area contributed by atoms with Gasteiger partial charge < -0.3 is 24.3 Å². The maximum Gasteiger partial charge on any atom is 0.434 e. The summed E-state index contributed by atoms with van der Waals surface area (Å²) in [4.78, 5) is 28.2. The van der Waals surface area contributed by atoms with Crippen molar-refractivity contribution in [1.82, 2.24) is 14.5 Å². The number of hydrogen-bond donors (Lipinski definition) is 2. The molecule has 0 radical (unpaired) electrons. The summed E-state index contributed by atoms with van der Waals surface area (Å²) >= 11 is 0. The van der Waals surface area contributed by atoms with E-state index in [1.54, 1.807) is 6.92 Å². The van der Waals surface area contributed by atoms with Crippen molar-refractivity contribution in [2.45, 2.75) is 39.8 Å². The van der Waals surface area contributed by atoms with Crippen LogP contribution in [0.5, 0.6) is 0 Å². The van der Waals surface area contributed by atoms with Gasteiger partial charge in [-0.2, -0.15) is 0 Å². The molecular weight excluding hydrogens is 468 g/mol. The molecule has 2 N–H and O–H groups in total. The zero-order valence-electron chi connectivity index (χ0n) is 21.3. The molecule has 1 aromatic heterocycles. The third kappa shape index (κ3) is 6.27. The first-order valence-corrected chi connectivity index (χ1v) is 12.3. The van der Waals surface area contributed by atoms with E-state index in [-0.39, 0.29) is 19.2 Å². The summed E-state index contributed by atoms with van der Waals surface area (Å²) in [6.07, 6.45) is -1.25. The molecule has 1 heterocycles. The van der Waals surface area contributed by atoms with Crippen LogP contribution in [0.1, 0.15) is 35.2 Å². The molecule has 0 bridgehead atoms. The lowest BCUT2D eigenvalue weighted by Crippen LogP contribution is -2.38. The third-order valence-electron chi connectivity index (χ3n) is 6.26. The van der Waals surface area contributed by atoms with Crippen LogP contribution in [-0.2, 0) is 17.7 Å². The molecule has 0 fully saturated rings. The first-order valence-electron chi connectivity index (χ1n) is 12.3. The van der Waals surface area contributed by atoms with Crippen LogP contribution in [0.15, 0.2) is 77.8 Å². The van der Waals surface area contributed by atoms with Crippen molar-refractivity contribution in [3.8, 4) is 0 Å². The van der Waals surface area contributed by atoms with Gasteiger partial charge in [0.25, 0.3) is 0 Å². The van der Waals surface area contributed by atoms with Gasteiger partial charge in [0, 0.05) is 6.54 Å². The average Bonchev–Trinajstić information content (AvgIpc) is 3.16. The lowest BCUT2D eigenvalue weighted by atomic mass is 10.0. The Bertz CT molecular complexity index is 1450. The van der Waals surface area contributed by atoms with E-state index in [1.807, 2.05) is 95.8 Å². The maximum absolute atomic E-state index is 12.2. The zero-order valence-corrected chi connectivity index (χ0v) is 21.3. The Morgan fingerprint density at radius 1 is 0.919 bits per heavy atom. The summed E-state index contributed by atoms with van der Waals surface area (Å²) in [5.41, 5.74) is 6.37. The number of fused-ring (bicyclic) bond motifs is 1. The summed E-state index contributed by atoms with van der Waals surface area (Å²) < 4.78 is 8.93. The lowest BCUT2D eigenvalue weighted by Gasteiger charge is -2.21. The van der Waals surface area contributed by atoms with Gasteiger partial charge in [0.05, 0.1) is 30.2 Å². The number of hydrogen-bond acceptors (Lipinski definition) is 3. The summed E-state index contributed by atoms with van der Waals surface area (Å²) in [5.74, 6) is 0. The molecule has 192 valence electrons. The van der Waals surface area contributed by atoms with Gasteiger partial charge in [-0.05, 0) is 50.5 Å². The smallest absolute Gasteiger partial charge is 0.434 e. The fourth-order valence-electron chi connectivity index (χ4n) is 4.47. The minimum Gasteiger partial charge on any atom is -0.463 e. The van der Waals surface area contributed by atoms with Gasteiger partial charge in [0.15, 0.2) is 0 Å². The minimum absolute atomic E-state index is 0.234. The number of carbonyl (C=O) groups excluding carboxylic acids is 1. The predicted molar refractivity (Wildman–Crippen MR) is 143 cm³/mol. The van der Waals surface area contributed by atoms with Crippen molar-refractivity contribution >= 4 is 23.2 Å². The topological polar surface area (TPSA) is 97.8 Å². The van der Waals surface area contributed by atoms with Crippen LogP contribution < -0.4 is 10.9 Å². The summed E-state index contributed by atoms with van der Waals surface area (Å²) in [5, 5.41) is 12.6. The molecule has 0 aliphatic heterocycles. The molecule has 0 saturated carbocycles. The van der Waals surface area contributed by atoms with Crippen LogP contribution in [0.2, 0.25) is 0 Å². The molecule has 4 rings (SSSR count). The Kier molecular flexibility index (Phi) is 8.08. The van der Waals surface area contributed by atoms with Crippen molar-refractivity contribution in [3.05, 3.63) is 101 Å². The van der Waals surface area contributed by atoms with Crippen LogP contribution in [0.4, 0.5) is 9.59 Å². The Balaban J connectivity index is 1.88. The number of amides is 2. The largest absolute Gasteiger partial charge is 0.463 e. The van der Waals surface area contributed by atoms with Gasteiger partial charge in [0.1, 0.15) is 0 Å². The number of benzene rings is 3. The normalized spacial score (nSPS) is 12.5. The second-order valence-corrected chi connectivity index (χ2v) is 9.07. The van der Waals surface area contributed by atoms with Gasteiger partial charge >= 0.3 is 12.2 Å². The van der Waals surface area contributed by atoms with Crippen LogP contribution in [0, 0.1) is 13.8 Å². The standard InChI is InChI=1S/C29H32N4O4/c1-4-37-29(36)30-18-24(17-22-13-9-20(2)10-14-22)33-26-8-6-5-7-25(26)32(27(33)31-28(34)35)19-23-15-11-21(3)12-16-23/h5-16,24H,4,17-19H2,1-3H3,(H,30,36)(H,34,35)/b31-27+. The number of nitrogens with zero attached hydrogens (tertiary/aromatic N) is 3. The molecule has 1 unspecified atom stereocenters. The molecule has 37 heavy (non-hydrogen) atoms. The van der Waals surface area contributed by atoms with E-state index in [2.05, 4.69) is 10.3 Å². The highest BCUT2D eigenvalue weighted by atomic mass is 16.5. The molecule has 0 aliphatic carbocycles.